The van der Waals surface area contributed by atoms with Crippen LogP contribution >= 0.6 is 12.2 Å². The first-order chi connectivity index (χ1) is 8.95. The maximum Gasteiger partial charge on any atom is 0.223 e. The molecule has 0 radical (unpaired) electrons. The van der Waals surface area contributed by atoms with Crippen molar-refractivity contribution in [1.82, 2.24) is 5.32 Å². The molecule has 1 amide bonds. The predicted octanol–water partition coefficient (Wildman–Crippen LogP) is 3.16. The van der Waals surface area contributed by atoms with Crippen LogP contribution in [0.1, 0.15) is 65.7 Å². The highest BCUT2D eigenvalue weighted by Crippen LogP contribution is 2.34. The van der Waals surface area contributed by atoms with Gasteiger partial charge >= 0.3 is 0 Å². The molecule has 1 rings (SSSR count). The summed E-state index contributed by atoms with van der Waals surface area (Å²) in [4.78, 5) is 12.7. The van der Waals surface area contributed by atoms with E-state index < -0.39 is 5.54 Å². The van der Waals surface area contributed by atoms with Gasteiger partial charge in [-0.15, -0.1) is 0 Å². The van der Waals surface area contributed by atoms with Gasteiger partial charge in [-0.1, -0.05) is 45.8 Å². The fourth-order valence-corrected chi connectivity index (χ4v) is 3.19. The fraction of sp³-hybridized carbons (Fsp3) is 0.867. The van der Waals surface area contributed by atoms with Crippen LogP contribution in [0.2, 0.25) is 0 Å². The molecule has 0 bridgehead atoms. The number of nitrogens with one attached hydrogen (secondary N) is 1. The molecule has 1 unspecified atom stereocenters. The molecule has 1 atom stereocenters. The summed E-state index contributed by atoms with van der Waals surface area (Å²) in [6, 6.07) is 0. The van der Waals surface area contributed by atoms with E-state index in [1.807, 2.05) is 6.92 Å². The van der Waals surface area contributed by atoms with Gasteiger partial charge in [0.25, 0.3) is 0 Å². The molecule has 19 heavy (non-hydrogen) atoms. The number of hydrogen-bond acceptors (Lipinski definition) is 2. The number of hydrogen-bond donors (Lipinski definition) is 2. The molecule has 0 aromatic rings. The van der Waals surface area contributed by atoms with Crippen LogP contribution in [0.25, 0.3) is 0 Å². The molecule has 1 saturated carbocycles. The van der Waals surface area contributed by atoms with Gasteiger partial charge in [-0.25, -0.2) is 0 Å². The van der Waals surface area contributed by atoms with Crippen molar-refractivity contribution in [3.8, 4) is 0 Å². The summed E-state index contributed by atoms with van der Waals surface area (Å²) in [5, 5.41) is 3.16. The number of nitrogens with two attached hydrogens (primary N) is 1. The molecule has 1 fully saturated rings. The number of carbonyl (C=O) groups is 1. The zero-order chi connectivity index (χ0) is 14.5. The van der Waals surface area contributed by atoms with Crippen molar-refractivity contribution >= 4 is 23.1 Å². The molecular weight excluding hydrogens is 256 g/mol. The van der Waals surface area contributed by atoms with E-state index >= 15 is 0 Å². The lowest BCUT2D eigenvalue weighted by Gasteiger charge is -2.40. The highest BCUT2D eigenvalue weighted by molar-refractivity contribution is 7.80. The molecule has 1 aliphatic rings. The van der Waals surface area contributed by atoms with E-state index in [-0.39, 0.29) is 11.8 Å². The molecule has 3 N–H and O–H groups in total. The van der Waals surface area contributed by atoms with Crippen LogP contribution in [-0.4, -0.2) is 16.4 Å². The first-order valence-electron chi connectivity index (χ1n) is 7.57. The van der Waals surface area contributed by atoms with Gasteiger partial charge in [-0.05, 0) is 38.0 Å². The lowest BCUT2D eigenvalue weighted by Crippen LogP contribution is -2.59. The van der Waals surface area contributed by atoms with E-state index in [2.05, 4.69) is 19.2 Å². The SMILES string of the molecule is CCCC(C)C(=O)NC1(C(N)=S)CCC(CC)CC1. The second-order valence-electron chi connectivity index (χ2n) is 5.98. The summed E-state index contributed by atoms with van der Waals surface area (Å²) in [6.45, 7) is 6.30. The van der Waals surface area contributed by atoms with Crippen LogP contribution in [0.4, 0.5) is 0 Å². The van der Waals surface area contributed by atoms with E-state index in [4.69, 9.17) is 18.0 Å². The molecule has 0 aromatic carbocycles. The van der Waals surface area contributed by atoms with Gasteiger partial charge in [0.1, 0.15) is 0 Å². The second-order valence-corrected chi connectivity index (χ2v) is 6.42. The van der Waals surface area contributed by atoms with Crippen molar-refractivity contribution < 1.29 is 4.79 Å². The van der Waals surface area contributed by atoms with Crippen molar-refractivity contribution in [2.45, 2.75) is 71.3 Å². The average molecular weight is 284 g/mol. The maximum atomic E-state index is 12.2. The van der Waals surface area contributed by atoms with Crippen molar-refractivity contribution in [1.29, 1.82) is 0 Å². The minimum absolute atomic E-state index is 0.0418. The Bertz CT molecular complexity index is 322. The van der Waals surface area contributed by atoms with E-state index in [0.717, 1.165) is 44.4 Å². The van der Waals surface area contributed by atoms with Gasteiger partial charge < -0.3 is 11.1 Å². The van der Waals surface area contributed by atoms with Gasteiger partial charge in [0.2, 0.25) is 5.91 Å². The third-order valence-electron chi connectivity index (χ3n) is 4.54. The highest BCUT2D eigenvalue weighted by atomic mass is 32.1. The summed E-state index contributed by atoms with van der Waals surface area (Å²) in [5.74, 6) is 0.900. The summed E-state index contributed by atoms with van der Waals surface area (Å²) >= 11 is 5.24. The molecule has 1 aliphatic carbocycles. The number of rotatable bonds is 6. The Labute approximate surface area is 122 Å². The van der Waals surface area contributed by atoms with Gasteiger partial charge in [-0.2, -0.15) is 0 Å². The van der Waals surface area contributed by atoms with Gasteiger partial charge in [0, 0.05) is 5.92 Å². The Morgan fingerprint density at radius 3 is 2.42 bits per heavy atom. The maximum absolute atomic E-state index is 12.2. The smallest absolute Gasteiger partial charge is 0.223 e. The van der Waals surface area contributed by atoms with Crippen molar-refractivity contribution in [3.05, 3.63) is 0 Å². The Morgan fingerprint density at radius 1 is 1.42 bits per heavy atom. The molecule has 0 heterocycles. The third-order valence-corrected chi connectivity index (χ3v) is 4.93. The van der Waals surface area contributed by atoms with Crippen LogP contribution in [0.3, 0.4) is 0 Å². The summed E-state index contributed by atoms with van der Waals surface area (Å²) < 4.78 is 0. The normalized spacial score (nSPS) is 28.7. The van der Waals surface area contributed by atoms with Crippen LogP contribution in [0, 0.1) is 11.8 Å². The largest absolute Gasteiger partial charge is 0.391 e. The third kappa shape index (κ3) is 4.16. The molecule has 0 saturated heterocycles. The van der Waals surface area contributed by atoms with Crippen LogP contribution in [0.5, 0.6) is 0 Å². The monoisotopic (exact) mass is 284 g/mol. The zero-order valence-corrected chi connectivity index (χ0v) is 13.3. The van der Waals surface area contributed by atoms with E-state index in [0.29, 0.717) is 4.99 Å². The molecule has 0 aromatic heterocycles. The Hall–Kier alpha value is -0.640. The summed E-state index contributed by atoms with van der Waals surface area (Å²) in [6.07, 6.45) is 7.14. The molecule has 110 valence electrons. The zero-order valence-electron chi connectivity index (χ0n) is 12.5. The lowest BCUT2D eigenvalue weighted by molar-refractivity contribution is -0.126. The van der Waals surface area contributed by atoms with Crippen molar-refractivity contribution in [2.75, 3.05) is 0 Å². The Kier molecular flexibility index (Phi) is 6.24. The van der Waals surface area contributed by atoms with Crippen LogP contribution in [0.15, 0.2) is 0 Å². The van der Waals surface area contributed by atoms with Gasteiger partial charge in [-0.3, -0.25) is 4.79 Å². The van der Waals surface area contributed by atoms with Crippen molar-refractivity contribution in [2.24, 2.45) is 17.6 Å². The Balaban J connectivity index is 2.68. The molecule has 4 heteroatoms. The van der Waals surface area contributed by atoms with E-state index in [9.17, 15) is 4.79 Å². The molecule has 0 spiro atoms. The minimum atomic E-state index is -0.430. The second kappa shape index (κ2) is 7.22. The Morgan fingerprint density at radius 2 is 2.00 bits per heavy atom. The minimum Gasteiger partial charge on any atom is -0.391 e. The highest BCUT2D eigenvalue weighted by Gasteiger charge is 2.39. The topological polar surface area (TPSA) is 55.1 Å². The molecular formula is C15H28N2OS. The number of thiocarbonyl (C=S) groups is 1. The van der Waals surface area contributed by atoms with Crippen molar-refractivity contribution in [3.63, 3.8) is 0 Å². The summed E-state index contributed by atoms with van der Waals surface area (Å²) in [5.41, 5.74) is 5.50. The van der Waals surface area contributed by atoms with Gasteiger partial charge in [0.05, 0.1) is 10.5 Å². The molecule has 0 aliphatic heterocycles. The number of carbonyl (C=O) groups excluding carboxylic acids is 1. The van der Waals surface area contributed by atoms with Crippen LogP contribution in [-0.2, 0) is 4.79 Å². The van der Waals surface area contributed by atoms with E-state index in [1.54, 1.807) is 0 Å². The fourth-order valence-electron chi connectivity index (χ4n) is 2.93. The first kappa shape index (κ1) is 16.4. The standard InChI is InChI=1S/C15H28N2OS/c1-4-6-11(3)13(18)17-15(14(16)19)9-7-12(5-2)8-10-15/h11-12H,4-10H2,1-3H3,(H2,16,19)(H,17,18). The van der Waals surface area contributed by atoms with E-state index in [1.165, 1.54) is 6.42 Å². The summed E-state index contributed by atoms with van der Waals surface area (Å²) in [7, 11) is 0. The first-order valence-corrected chi connectivity index (χ1v) is 7.98. The number of amides is 1. The lowest BCUT2D eigenvalue weighted by atomic mass is 9.75. The van der Waals surface area contributed by atoms with Crippen LogP contribution < -0.4 is 11.1 Å². The quantitative estimate of drug-likeness (QED) is 0.737. The van der Waals surface area contributed by atoms with Gasteiger partial charge in [0.15, 0.2) is 0 Å². The molecule has 3 nitrogen and oxygen atoms in total. The predicted molar refractivity (Wildman–Crippen MR) is 84.0 cm³/mol. The average Bonchev–Trinajstić information content (AvgIpc) is 2.39.